The first kappa shape index (κ1) is 23.7. The number of carbonyl (C=O) groups is 1. The van der Waals surface area contributed by atoms with Crippen molar-refractivity contribution in [3.05, 3.63) is 65.1 Å². The molecule has 1 heterocycles. The maximum absolute atomic E-state index is 13.1. The highest BCUT2D eigenvalue weighted by Crippen LogP contribution is 2.29. The van der Waals surface area contributed by atoms with E-state index in [2.05, 4.69) is 10.0 Å². The van der Waals surface area contributed by atoms with E-state index in [1.165, 1.54) is 12.1 Å². The molecule has 0 unspecified atom stereocenters. The van der Waals surface area contributed by atoms with Gasteiger partial charge in [-0.05, 0) is 68.5 Å². The van der Waals surface area contributed by atoms with E-state index in [-0.39, 0.29) is 34.6 Å². The van der Waals surface area contributed by atoms with E-state index < -0.39 is 10.0 Å². The van der Waals surface area contributed by atoms with E-state index in [0.29, 0.717) is 30.7 Å². The smallest absolute Gasteiger partial charge is 0.240 e. The first-order valence-electron chi connectivity index (χ1n) is 11.0. The van der Waals surface area contributed by atoms with Crippen LogP contribution in [-0.4, -0.2) is 24.9 Å². The summed E-state index contributed by atoms with van der Waals surface area (Å²) in [6.45, 7) is 1.86. The summed E-state index contributed by atoms with van der Waals surface area (Å²) < 4.78 is 43.6. The van der Waals surface area contributed by atoms with Crippen LogP contribution >= 0.6 is 11.6 Å². The summed E-state index contributed by atoms with van der Waals surface area (Å²) >= 11 is 6.18. The fourth-order valence-corrected chi connectivity index (χ4v) is 6.04. The largest absolute Gasteiger partial charge is 0.349 e. The molecule has 0 radical (unpaired) electrons. The Morgan fingerprint density at radius 3 is 2.45 bits per heavy atom. The van der Waals surface area contributed by atoms with Gasteiger partial charge in [-0.1, -0.05) is 23.7 Å². The van der Waals surface area contributed by atoms with Crippen molar-refractivity contribution in [3.63, 3.8) is 0 Å². The lowest BCUT2D eigenvalue weighted by Gasteiger charge is -2.29. The molecular formula is C24H27ClFN3O3S. The number of aromatic nitrogens is 1. The minimum absolute atomic E-state index is 0.0563. The Labute approximate surface area is 198 Å². The second kappa shape index (κ2) is 9.44. The van der Waals surface area contributed by atoms with E-state index in [1.807, 2.05) is 14.0 Å². The van der Waals surface area contributed by atoms with Crippen LogP contribution < -0.4 is 10.0 Å². The summed E-state index contributed by atoms with van der Waals surface area (Å²) in [5.74, 6) is -0.542. The summed E-state index contributed by atoms with van der Waals surface area (Å²) in [6.07, 6.45) is 4.11. The minimum atomic E-state index is -3.69. The molecule has 0 saturated heterocycles. The number of hydrogen-bond donors (Lipinski definition) is 2. The fourth-order valence-electron chi connectivity index (χ4n) is 4.41. The maximum Gasteiger partial charge on any atom is 0.240 e. The summed E-state index contributed by atoms with van der Waals surface area (Å²) in [4.78, 5) is 12.9. The predicted molar refractivity (Wildman–Crippen MR) is 127 cm³/mol. The lowest BCUT2D eigenvalue weighted by molar-refractivity contribution is -0.126. The number of rotatable bonds is 6. The van der Waals surface area contributed by atoms with Crippen molar-refractivity contribution in [1.29, 1.82) is 0 Å². The average molecular weight is 492 g/mol. The third-order valence-electron chi connectivity index (χ3n) is 6.37. The average Bonchev–Trinajstić information content (AvgIpc) is 3.07. The van der Waals surface area contributed by atoms with Crippen molar-refractivity contribution in [2.75, 3.05) is 0 Å². The summed E-state index contributed by atoms with van der Waals surface area (Å²) in [7, 11) is -1.87. The highest BCUT2D eigenvalue weighted by molar-refractivity contribution is 7.89. The zero-order valence-corrected chi connectivity index (χ0v) is 20.1. The number of hydrogen-bond acceptors (Lipinski definition) is 3. The van der Waals surface area contributed by atoms with Crippen LogP contribution in [0, 0.1) is 11.7 Å². The first-order chi connectivity index (χ1) is 15.6. The molecule has 1 fully saturated rings. The summed E-state index contributed by atoms with van der Waals surface area (Å²) in [5.41, 5.74) is 1.58. The Hall–Kier alpha value is -2.42. The zero-order chi connectivity index (χ0) is 23.8. The fraction of sp³-hybridized carbons (Fsp3) is 0.375. The van der Waals surface area contributed by atoms with Gasteiger partial charge in [0.15, 0.2) is 0 Å². The molecule has 1 aliphatic rings. The van der Waals surface area contributed by atoms with E-state index in [1.54, 1.807) is 41.1 Å². The van der Waals surface area contributed by atoms with Gasteiger partial charge in [-0.15, -0.1) is 0 Å². The Morgan fingerprint density at radius 2 is 1.79 bits per heavy atom. The molecule has 6 nitrogen and oxygen atoms in total. The van der Waals surface area contributed by atoms with Crippen LogP contribution in [-0.2, 0) is 21.9 Å². The predicted octanol–water partition coefficient (Wildman–Crippen LogP) is 4.69. The second-order valence-corrected chi connectivity index (χ2v) is 10.8. The van der Waals surface area contributed by atoms with Gasteiger partial charge in [-0.25, -0.2) is 17.5 Å². The molecule has 9 heteroatoms. The molecule has 0 aliphatic heterocycles. The molecule has 1 aliphatic carbocycles. The van der Waals surface area contributed by atoms with Crippen molar-refractivity contribution >= 4 is 38.4 Å². The lowest BCUT2D eigenvalue weighted by Crippen LogP contribution is -2.41. The number of aryl methyl sites for hydroxylation is 1. The van der Waals surface area contributed by atoms with Gasteiger partial charge in [-0.3, -0.25) is 4.79 Å². The van der Waals surface area contributed by atoms with Crippen molar-refractivity contribution < 1.29 is 17.6 Å². The van der Waals surface area contributed by atoms with Crippen LogP contribution in [0.2, 0.25) is 5.02 Å². The van der Waals surface area contributed by atoms with Crippen LogP contribution in [0.25, 0.3) is 10.9 Å². The van der Waals surface area contributed by atoms with Gasteiger partial charge < -0.3 is 9.88 Å². The molecule has 2 aromatic carbocycles. The van der Waals surface area contributed by atoms with Gasteiger partial charge in [0.05, 0.1) is 21.5 Å². The molecule has 1 saturated carbocycles. The molecule has 176 valence electrons. The Bertz CT molecular complexity index is 1270. The lowest BCUT2D eigenvalue weighted by atomic mass is 9.85. The van der Waals surface area contributed by atoms with E-state index >= 15 is 0 Å². The van der Waals surface area contributed by atoms with Crippen LogP contribution in [0.3, 0.4) is 0 Å². The molecule has 33 heavy (non-hydrogen) atoms. The van der Waals surface area contributed by atoms with Crippen LogP contribution in [0.5, 0.6) is 0 Å². The number of sulfonamides is 1. The second-order valence-electron chi connectivity index (χ2n) is 8.72. The Morgan fingerprint density at radius 1 is 1.12 bits per heavy atom. The number of nitrogens with zero attached hydrogens (tertiary/aromatic N) is 1. The van der Waals surface area contributed by atoms with Crippen molar-refractivity contribution in [1.82, 2.24) is 14.6 Å². The molecule has 1 amide bonds. The number of nitrogens with one attached hydrogen (secondary N) is 2. The molecule has 0 bridgehead atoms. The third-order valence-corrected chi connectivity index (χ3v) is 8.19. The van der Waals surface area contributed by atoms with Crippen molar-refractivity contribution in [3.8, 4) is 0 Å². The molecule has 1 aromatic heterocycles. The first-order valence-corrected chi connectivity index (χ1v) is 12.8. The van der Waals surface area contributed by atoms with Gasteiger partial charge in [0, 0.05) is 30.6 Å². The van der Waals surface area contributed by atoms with Crippen LogP contribution in [0.4, 0.5) is 4.39 Å². The van der Waals surface area contributed by atoms with Crippen molar-refractivity contribution in [2.24, 2.45) is 13.0 Å². The zero-order valence-electron chi connectivity index (χ0n) is 18.5. The van der Waals surface area contributed by atoms with E-state index in [0.717, 1.165) is 16.5 Å². The topological polar surface area (TPSA) is 80.2 Å². The third kappa shape index (κ3) is 5.23. The van der Waals surface area contributed by atoms with Gasteiger partial charge in [0.25, 0.3) is 0 Å². The normalized spacial score (nSPS) is 20.0. The van der Waals surface area contributed by atoms with Gasteiger partial charge in [-0.2, -0.15) is 0 Å². The minimum Gasteiger partial charge on any atom is -0.349 e. The number of benzene rings is 2. The maximum atomic E-state index is 13.1. The number of fused-ring (bicyclic) bond motifs is 1. The highest BCUT2D eigenvalue weighted by atomic mass is 35.5. The summed E-state index contributed by atoms with van der Waals surface area (Å²) in [5, 5.41) is 4.37. The number of carbonyl (C=O) groups excluding carboxylic acids is 1. The highest BCUT2D eigenvalue weighted by Gasteiger charge is 2.30. The SMILES string of the molecule is C[C@@H](NC(=O)[C@H]1CC[C@H](NS(=O)(=O)c2ccc3c(Cl)cn(C)c3c2)CC1)c1ccc(F)cc1. The number of amides is 1. The van der Waals surface area contributed by atoms with Crippen molar-refractivity contribution in [2.45, 2.75) is 49.6 Å². The van der Waals surface area contributed by atoms with Crippen LogP contribution in [0.1, 0.15) is 44.2 Å². The molecular weight excluding hydrogens is 465 g/mol. The monoisotopic (exact) mass is 491 g/mol. The van der Waals surface area contributed by atoms with Crippen LogP contribution in [0.15, 0.2) is 53.6 Å². The van der Waals surface area contributed by atoms with Gasteiger partial charge in [0.1, 0.15) is 5.82 Å². The van der Waals surface area contributed by atoms with Gasteiger partial charge >= 0.3 is 0 Å². The number of halogens is 2. The molecule has 2 N–H and O–H groups in total. The summed E-state index contributed by atoms with van der Waals surface area (Å²) in [6, 6.07) is 10.5. The molecule has 3 aromatic rings. The van der Waals surface area contributed by atoms with E-state index in [4.69, 9.17) is 11.6 Å². The Kier molecular flexibility index (Phi) is 6.79. The standard InChI is InChI=1S/C24H27ClFN3O3S/c1-15(16-3-7-18(26)8-4-16)27-24(30)17-5-9-19(10-6-17)28-33(31,32)20-11-12-21-22(25)14-29(2)23(21)13-20/h3-4,7-8,11-15,17,19,28H,5-6,9-10H2,1-2H3,(H,27,30)/t15-,17-,19-/m1/s1. The Balaban J connectivity index is 1.34. The van der Waals surface area contributed by atoms with Gasteiger partial charge in [0.2, 0.25) is 15.9 Å². The van der Waals surface area contributed by atoms with E-state index in [9.17, 15) is 17.6 Å². The quantitative estimate of drug-likeness (QED) is 0.525. The molecule has 0 spiro atoms. The molecule has 4 rings (SSSR count). The molecule has 1 atom stereocenters.